The van der Waals surface area contributed by atoms with Crippen molar-refractivity contribution in [1.29, 1.82) is 0 Å². The van der Waals surface area contributed by atoms with E-state index in [1.165, 1.54) is 10.9 Å². The quantitative estimate of drug-likeness (QED) is 0.139. The lowest BCUT2D eigenvalue weighted by molar-refractivity contribution is -0.0573. The van der Waals surface area contributed by atoms with E-state index in [2.05, 4.69) is 37.2 Å². The number of alkyl halides is 1. The van der Waals surface area contributed by atoms with Crippen LogP contribution in [0.2, 0.25) is 0 Å². The number of hydrogen-bond acceptors (Lipinski definition) is 18. The van der Waals surface area contributed by atoms with Crippen LogP contribution in [-0.4, -0.2) is 94.0 Å². The number of thiol groups is 1. The minimum absolute atomic E-state index is 0.0339. The number of thiazole rings is 1. The van der Waals surface area contributed by atoms with Gasteiger partial charge in [0.15, 0.2) is 35.7 Å². The van der Waals surface area contributed by atoms with E-state index < -0.39 is 80.8 Å². The van der Waals surface area contributed by atoms with Crippen LogP contribution in [-0.2, 0) is 43.9 Å². The van der Waals surface area contributed by atoms with Crippen molar-refractivity contribution in [1.82, 2.24) is 34.1 Å². The molecule has 0 saturated carbocycles. The molecular formula is C20H22FN9O10P2S3. The van der Waals surface area contributed by atoms with E-state index >= 15 is 4.39 Å². The number of nitrogens with two attached hydrogens (primary N) is 2. The Labute approximate surface area is 264 Å². The van der Waals surface area contributed by atoms with E-state index in [9.17, 15) is 19.4 Å². The number of hydrogen-bond donors (Lipinski definition) is 5. The summed E-state index contributed by atoms with van der Waals surface area (Å²) in [4.78, 5) is 43.2. The third kappa shape index (κ3) is 5.58. The van der Waals surface area contributed by atoms with Gasteiger partial charge in [-0.05, 0) is 11.8 Å². The molecule has 19 nitrogen and oxygen atoms in total. The number of rotatable bonds is 2. The lowest BCUT2D eigenvalue weighted by Gasteiger charge is -2.29. The molecule has 242 valence electrons. The molecule has 2 unspecified atom stereocenters. The molecule has 7 rings (SSSR count). The molecule has 3 aliphatic rings. The average molecular weight is 726 g/mol. The summed E-state index contributed by atoms with van der Waals surface area (Å²) in [6.07, 6.45) is -8.79. The van der Waals surface area contributed by atoms with Gasteiger partial charge in [-0.1, -0.05) is 23.6 Å². The second-order valence-electron chi connectivity index (χ2n) is 9.97. The van der Waals surface area contributed by atoms with E-state index in [1.54, 1.807) is 0 Å². The van der Waals surface area contributed by atoms with E-state index in [0.717, 1.165) is 28.6 Å². The van der Waals surface area contributed by atoms with Gasteiger partial charge in [0.1, 0.15) is 59.2 Å². The Morgan fingerprint density at radius 3 is 2.44 bits per heavy atom. The lowest BCUT2D eigenvalue weighted by Crippen LogP contribution is -2.38. The molecule has 0 aliphatic carbocycles. The van der Waals surface area contributed by atoms with Gasteiger partial charge in [-0.15, -0.1) is 0 Å². The number of ether oxygens (including phenoxy) is 2. The smallest absolute Gasteiger partial charge is 0.386 e. The fourth-order valence-electron chi connectivity index (χ4n) is 5.23. The predicted molar refractivity (Wildman–Crippen MR) is 159 cm³/mol. The monoisotopic (exact) mass is 725 g/mol. The number of aliphatic hydroxyl groups is 1. The summed E-state index contributed by atoms with van der Waals surface area (Å²) in [5.41, 5.74) is 12.1. The summed E-state index contributed by atoms with van der Waals surface area (Å²) in [7, 11) is 0. The Morgan fingerprint density at radius 2 is 1.67 bits per heavy atom. The van der Waals surface area contributed by atoms with Crippen LogP contribution in [0, 0.1) is 0 Å². The predicted octanol–water partition coefficient (Wildman–Crippen LogP) is 0.423. The third-order valence-electron chi connectivity index (χ3n) is 7.23. The van der Waals surface area contributed by atoms with E-state index in [4.69, 9.17) is 50.8 Å². The van der Waals surface area contributed by atoms with E-state index in [1.807, 2.05) is 0 Å². The van der Waals surface area contributed by atoms with Crippen LogP contribution < -0.4 is 16.3 Å². The van der Waals surface area contributed by atoms with Crippen LogP contribution in [0.25, 0.3) is 21.5 Å². The molecule has 45 heavy (non-hydrogen) atoms. The largest absolute Gasteiger partial charge is 0.386 e. The zero-order valence-electron chi connectivity index (χ0n) is 22.2. The van der Waals surface area contributed by atoms with Crippen LogP contribution >= 0.6 is 37.1 Å². The normalized spacial score (nSPS) is 37.7. The Morgan fingerprint density at radius 1 is 1.00 bits per heavy atom. The molecule has 0 amide bonds. The molecule has 7 heterocycles. The number of fused-ring (bicyclic) bond motifs is 4. The second kappa shape index (κ2) is 11.5. The van der Waals surface area contributed by atoms with E-state index in [0.29, 0.717) is 0 Å². The molecule has 6 N–H and O–H groups in total. The SMILES string of the molecule is Nc1ncnc2c1ncn2[C@@H]1O[C@@H]2COP(O)(=S)O[C@H]3[C@@H](O)[C@H](n4c(=O)sc5c(N)ncnc54)O[C@@H]3COP(=O)(S)O[C@H]2[C@H]1F. The van der Waals surface area contributed by atoms with Crippen molar-refractivity contribution in [2.75, 3.05) is 24.7 Å². The molecule has 0 bridgehead atoms. The summed E-state index contributed by atoms with van der Waals surface area (Å²) < 4.78 is 65.7. The first-order chi connectivity index (χ1) is 21.3. The average Bonchev–Trinajstić information content (AvgIpc) is 3.71. The van der Waals surface area contributed by atoms with Crippen molar-refractivity contribution in [3.8, 4) is 0 Å². The molecule has 0 radical (unpaired) electrons. The first kappa shape index (κ1) is 31.4. The number of aliphatic hydroxyl groups excluding tert-OH is 1. The van der Waals surface area contributed by atoms with Crippen LogP contribution in [0.5, 0.6) is 0 Å². The molecule has 3 saturated heterocycles. The molecule has 0 aromatic carbocycles. The lowest BCUT2D eigenvalue weighted by atomic mass is 10.1. The molecular weight excluding hydrogens is 703 g/mol. The number of halogens is 1. The van der Waals surface area contributed by atoms with Gasteiger partial charge in [-0.25, -0.2) is 33.9 Å². The standard InChI is InChI=1S/C20H22FN9O10P2S3/c21-8-11-6(37-18(8)29-5-28-9-14(22)24-3-26-16(9)29)1-35-42(34,44)40-12-7(2-36-41(33,43)39-11)38-19(10(12)31)30-17-13(45-20(30)32)15(23)25-4-27-17/h3-8,10-12,18-19,31H,1-2H2,(H,33,43)(H,34,44)(H2,22,24,26)(H2,23,25,27)/t6-,7-,8-,10-,11-,12-,18-,19-,41?,42?/m1/s1. The van der Waals surface area contributed by atoms with Crippen molar-refractivity contribution < 1.29 is 46.5 Å². The molecule has 3 aliphatic heterocycles. The zero-order valence-corrected chi connectivity index (χ0v) is 26.6. The summed E-state index contributed by atoms with van der Waals surface area (Å²) in [5.74, 6) is 0.0860. The summed E-state index contributed by atoms with van der Waals surface area (Å²) in [6, 6.07) is 0. The Hall–Kier alpha value is -2.24. The highest BCUT2D eigenvalue weighted by Crippen LogP contribution is 2.58. The molecule has 0 spiro atoms. The van der Waals surface area contributed by atoms with Gasteiger partial charge in [0.05, 0.1) is 19.5 Å². The van der Waals surface area contributed by atoms with Crippen LogP contribution in [0.3, 0.4) is 0 Å². The maximum atomic E-state index is 16.0. The molecule has 4 aromatic rings. The number of nitrogen functional groups attached to an aromatic ring is 2. The maximum absolute atomic E-state index is 16.0. The Balaban J connectivity index is 1.18. The van der Waals surface area contributed by atoms with Gasteiger partial charge in [0.2, 0.25) is 0 Å². The van der Waals surface area contributed by atoms with Gasteiger partial charge in [-0.3, -0.25) is 27.5 Å². The Bertz CT molecular complexity index is 1950. The van der Waals surface area contributed by atoms with Gasteiger partial charge in [-0.2, -0.15) is 0 Å². The maximum Gasteiger partial charge on any atom is 0.386 e. The highest BCUT2D eigenvalue weighted by molar-refractivity contribution is 8.44. The number of nitrogens with zero attached hydrogens (tertiary/aromatic N) is 7. The molecule has 4 aromatic heterocycles. The highest BCUT2D eigenvalue weighted by atomic mass is 32.7. The second-order valence-corrected chi connectivity index (χ2v) is 16.6. The van der Waals surface area contributed by atoms with Crippen molar-refractivity contribution in [2.24, 2.45) is 0 Å². The van der Waals surface area contributed by atoms with Gasteiger partial charge >= 0.3 is 18.4 Å². The number of anilines is 2. The van der Waals surface area contributed by atoms with Gasteiger partial charge in [0.25, 0.3) is 0 Å². The summed E-state index contributed by atoms with van der Waals surface area (Å²) >= 11 is 9.91. The minimum Gasteiger partial charge on any atom is -0.386 e. The fraction of sp³-hybridized carbons (Fsp3) is 0.500. The number of imidazole rings is 1. The zero-order chi connectivity index (χ0) is 31.8. The number of aromatic nitrogens is 7. The van der Waals surface area contributed by atoms with Crippen molar-refractivity contribution in [3.05, 3.63) is 28.6 Å². The van der Waals surface area contributed by atoms with E-state index in [-0.39, 0.29) is 33.1 Å². The molecule has 25 heteroatoms. The van der Waals surface area contributed by atoms with Crippen LogP contribution in [0.15, 0.2) is 23.8 Å². The van der Waals surface area contributed by atoms with Crippen molar-refractivity contribution in [3.63, 3.8) is 0 Å². The summed E-state index contributed by atoms with van der Waals surface area (Å²) in [6.45, 7) is -9.88. The molecule has 10 atom stereocenters. The highest BCUT2D eigenvalue weighted by Gasteiger charge is 2.53. The van der Waals surface area contributed by atoms with Crippen LogP contribution in [0.4, 0.5) is 16.0 Å². The summed E-state index contributed by atoms with van der Waals surface area (Å²) in [5, 5.41) is 11.3. The first-order valence-corrected chi connectivity index (χ1v) is 18.9. The van der Waals surface area contributed by atoms with Gasteiger partial charge < -0.3 is 35.5 Å². The molecule has 3 fully saturated rings. The minimum atomic E-state index is -4.39. The first-order valence-electron chi connectivity index (χ1n) is 12.8. The Kier molecular flexibility index (Phi) is 8.00. The van der Waals surface area contributed by atoms with Crippen LogP contribution in [0.1, 0.15) is 12.5 Å². The van der Waals surface area contributed by atoms with Gasteiger partial charge in [0, 0.05) is 0 Å². The van der Waals surface area contributed by atoms with Crippen molar-refractivity contribution in [2.45, 2.75) is 49.1 Å². The fourth-order valence-corrected chi connectivity index (χ4v) is 9.02. The third-order valence-corrected chi connectivity index (χ3v) is 11.4. The topological polar surface area (TPSA) is 256 Å². The van der Waals surface area contributed by atoms with Crippen molar-refractivity contribution >= 4 is 82.1 Å².